The number of ether oxygens (including phenoxy) is 2. The lowest BCUT2D eigenvalue weighted by atomic mass is 9.73. The fraction of sp³-hybridized carbons (Fsp3) is 0.273. The summed E-state index contributed by atoms with van der Waals surface area (Å²) >= 11 is 1.63. The molecule has 0 radical (unpaired) electrons. The molecule has 0 unspecified atom stereocenters. The molecular weight excluding hydrogens is 566 g/mol. The molecule has 0 saturated carbocycles. The zero-order valence-corrected chi connectivity index (χ0v) is 24.8. The Kier molecular flexibility index (Phi) is 7.62. The summed E-state index contributed by atoms with van der Waals surface area (Å²) in [5, 5.41) is 20.3. The Morgan fingerprint density at radius 2 is 1.86 bits per heavy atom. The van der Waals surface area contributed by atoms with E-state index >= 15 is 0 Å². The lowest BCUT2D eigenvalue weighted by molar-refractivity contribution is -0.149. The zero-order valence-electron chi connectivity index (χ0n) is 24.0. The number of aryl methyl sites for hydroxylation is 1. The second-order valence-electron chi connectivity index (χ2n) is 10.9. The minimum Gasteiger partial charge on any atom is -0.482 e. The molecule has 4 aromatic rings. The number of benzene rings is 2. The zero-order chi connectivity index (χ0) is 30.2. The first-order valence-electron chi connectivity index (χ1n) is 14.1. The molecule has 0 fully saturated rings. The summed E-state index contributed by atoms with van der Waals surface area (Å²) in [6.45, 7) is 5.12. The van der Waals surface area contributed by atoms with Crippen molar-refractivity contribution in [3.63, 3.8) is 0 Å². The second-order valence-corrected chi connectivity index (χ2v) is 11.9. The molecule has 0 amide bonds. The van der Waals surface area contributed by atoms with Crippen molar-refractivity contribution < 1.29 is 29.0 Å². The molecule has 3 heterocycles. The highest BCUT2D eigenvalue weighted by Crippen LogP contribution is 2.51. The number of fused-ring (bicyclic) bond motifs is 1. The van der Waals surface area contributed by atoms with Gasteiger partial charge < -0.3 is 19.9 Å². The second kappa shape index (κ2) is 11.5. The monoisotopic (exact) mass is 597 g/mol. The number of aromatic nitrogens is 2. The number of thiophene rings is 1. The third-order valence-corrected chi connectivity index (χ3v) is 8.75. The van der Waals surface area contributed by atoms with Crippen LogP contribution in [0.4, 0.5) is 5.82 Å². The van der Waals surface area contributed by atoms with Crippen LogP contribution in [0.1, 0.15) is 70.6 Å². The molecular formula is C33H31N3O6S. The maximum atomic E-state index is 14.0. The summed E-state index contributed by atoms with van der Waals surface area (Å²) in [4.78, 5) is 39.7. The van der Waals surface area contributed by atoms with Crippen molar-refractivity contribution >= 4 is 34.9 Å². The molecule has 9 nitrogen and oxygen atoms in total. The van der Waals surface area contributed by atoms with Gasteiger partial charge in [0.15, 0.2) is 12.4 Å². The van der Waals surface area contributed by atoms with Crippen molar-refractivity contribution in [1.82, 2.24) is 9.78 Å². The molecule has 1 aliphatic carbocycles. The fourth-order valence-corrected chi connectivity index (χ4v) is 6.84. The van der Waals surface area contributed by atoms with Gasteiger partial charge in [-0.15, -0.1) is 11.3 Å². The van der Waals surface area contributed by atoms with Crippen LogP contribution in [-0.4, -0.2) is 45.3 Å². The number of nitrogens with zero attached hydrogens (tertiary/aromatic N) is 2. The average Bonchev–Trinajstić information content (AvgIpc) is 3.63. The molecule has 10 heteroatoms. The summed E-state index contributed by atoms with van der Waals surface area (Å²) in [6, 6.07) is 18.1. The van der Waals surface area contributed by atoms with Crippen LogP contribution < -0.4 is 10.1 Å². The Labute approximate surface area is 252 Å². The van der Waals surface area contributed by atoms with Crippen molar-refractivity contribution in [2.24, 2.45) is 0 Å². The molecule has 220 valence electrons. The maximum absolute atomic E-state index is 14.0. The third-order valence-electron chi connectivity index (χ3n) is 7.71. The number of carbonyl (C=O) groups is 3. The highest BCUT2D eigenvalue weighted by Gasteiger charge is 2.42. The van der Waals surface area contributed by atoms with Crippen LogP contribution in [0.15, 0.2) is 77.3 Å². The normalized spacial score (nSPS) is 17.7. The van der Waals surface area contributed by atoms with E-state index in [1.807, 2.05) is 36.6 Å². The molecule has 6 rings (SSSR count). The molecule has 2 atom stereocenters. The van der Waals surface area contributed by atoms with Gasteiger partial charge in [-0.25, -0.2) is 14.3 Å². The predicted octanol–water partition coefficient (Wildman–Crippen LogP) is 6.23. The lowest BCUT2D eigenvalue weighted by Crippen LogP contribution is -2.30. The standard InChI is InChI=1S/C33H31N3O6S/c1-18(2)42-28(38)17-41-26-12-7-5-10-22(26)30-29-19(3)35-36(24-11-6-4-9-21(24)33(39)40)32(29)34-23-15-20(16-25(37)31(23)30)27-13-8-14-43-27/h4-14,18,20,30,34H,15-17H2,1-3H3,(H,39,40)/t20-,30-/m0/s1. The molecule has 43 heavy (non-hydrogen) atoms. The van der Waals surface area contributed by atoms with E-state index in [9.17, 15) is 19.5 Å². The van der Waals surface area contributed by atoms with Crippen molar-refractivity contribution in [2.45, 2.75) is 51.6 Å². The molecule has 2 aliphatic rings. The number of hydrogen-bond acceptors (Lipinski definition) is 8. The smallest absolute Gasteiger partial charge is 0.344 e. The van der Waals surface area contributed by atoms with Gasteiger partial charge in [-0.2, -0.15) is 5.10 Å². The molecule has 2 aromatic carbocycles. The highest BCUT2D eigenvalue weighted by molar-refractivity contribution is 7.10. The molecule has 1 aliphatic heterocycles. The van der Waals surface area contributed by atoms with Crippen LogP contribution in [0, 0.1) is 6.92 Å². The van der Waals surface area contributed by atoms with Crippen molar-refractivity contribution in [3.05, 3.63) is 105 Å². The first-order valence-corrected chi connectivity index (χ1v) is 15.0. The van der Waals surface area contributed by atoms with Crippen LogP contribution in [0.2, 0.25) is 0 Å². The van der Waals surface area contributed by atoms with Gasteiger partial charge >= 0.3 is 11.9 Å². The predicted molar refractivity (Wildman–Crippen MR) is 162 cm³/mol. The molecule has 0 bridgehead atoms. The first kappa shape index (κ1) is 28.4. The quantitative estimate of drug-likeness (QED) is 0.230. The van der Waals surface area contributed by atoms with E-state index in [2.05, 4.69) is 11.4 Å². The number of esters is 1. The molecule has 2 N–H and O–H groups in total. The van der Waals surface area contributed by atoms with E-state index in [1.165, 1.54) is 0 Å². The minimum absolute atomic E-state index is 0.0158. The number of nitrogens with one attached hydrogen (secondary N) is 1. The Hall–Kier alpha value is -4.70. The Morgan fingerprint density at radius 1 is 1.09 bits per heavy atom. The summed E-state index contributed by atoms with van der Waals surface area (Å²) < 4.78 is 12.9. The van der Waals surface area contributed by atoms with Gasteiger partial charge in [0, 0.05) is 45.5 Å². The largest absolute Gasteiger partial charge is 0.482 e. The SMILES string of the molecule is Cc1nn(-c2ccccc2C(=O)O)c2c1[C@H](c1ccccc1OCC(=O)OC(C)C)C1=C(C[C@H](c3cccs3)CC1=O)N2. The van der Waals surface area contributed by atoms with E-state index in [4.69, 9.17) is 14.6 Å². The van der Waals surface area contributed by atoms with Gasteiger partial charge in [0.05, 0.1) is 23.0 Å². The average molecular weight is 598 g/mol. The third kappa shape index (κ3) is 5.34. The van der Waals surface area contributed by atoms with E-state index in [1.54, 1.807) is 60.2 Å². The van der Waals surface area contributed by atoms with Crippen molar-refractivity contribution in [1.29, 1.82) is 0 Å². The van der Waals surface area contributed by atoms with Crippen molar-refractivity contribution in [2.75, 3.05) is 11.9 Å². The Bertz CT molecular complexity index is 1750. The lowest BCUT2D eigenvalue weighted by Gasteiger charge is -2.36. The van der Waals surface area contributed by atoms with Gasteiger partial charge in [0.2, 0.25) is 0 Å². The van der Waals surface area contributed by atoms with Gasteiger partial charge in [-0.1, -0.05) is 36.4 Å². The number of rotatable bonds is 8. The summed E-state index contributed by atoms with van der Waals surface area (Å²) in [7, 11) is 0. The summed E-state index contributed by atoms with van der Waals surface area (Å²) in [5.74, 6) is -1.01. The number of para-hydroxylation sites is 2. The number of aromatic carboxylic acids is 1. The van der Waals surface area contributed by atoms with Crippen LogP contribution >= 0.6 is 11.3 Å². The number of hydrogen-bond donors (Lipinski definition) is 2. The summed E-state index contributed by atoms with van der Waals surface area (Å²) in [6.07, 6.45) is 0.696. The molecule has 0 spiro atoms. The van der Waals surface area contributed by atoms with E-state index in [0.29, 0.717) is 46.9 Å². The number of carboxylic acids is 1. The molecule has 2 aromatic heterocycles. The van der Waals surface area contributed by atoms with Crippen molar-refractivity contribution in [3.8, 4) is 11.4 Å². The molecule has 0 saturated heterocycles. The summed E-state index contributed by atoms with van der Waals surface area (Å²) in [5.41, 5.74) is 4.03. The van der Waals surface area contributed by atoms with E-state index in [0.717, 1.165) is 16.1 Å². The number of carboxylic acid groups (broad SMARTS) is 1. The number of Topliss-reactive ketones (excluding diaryl/α,β-unsaturated/α-hetero) is 1. The van der Waals surface area contributed by atoms with Gasteiger partial charge in [0.1, 0.15) is 11.6 Å². The van der Waals surface area contributed by atoms with E-state index in [-0.39, 0.29) is 30.0 Å². The van der Waals surface area contributed by atoms with Crippen LogP contribution in [0.25, 0.3) is 5.69 Å². The minimum atomic E-state index is -1.07. The number of carbonyl (C=O) groups excluding carboxylic acids is 2. The van der Waals surface area contributed by atoms with Crippen LogP contribution in [-0.2, 0) is 14.3 Å². The van der Waals surface area contributed by atoms with Gasteiger partial charge in [0.25, 0.3) is 0 Å². The topological polar surface area (TPSA) is 120 Å². The Balaban J connectivity index is 1.51. The van der Waals surface area contributed by atoms with Crippen LogP contribution in [0.3, 0.4) is 0 Å². The van der Waals surface area contributed by atoms with Gasteiger partial charge in [-0.3, -0.25) is 4.79 Å². The fourth-order valence-electron chi connectivity index (χ4n) is 6.01. The van der Waals surface area contributed by atoms with E-state index < -0.39 is 17.9 Å². The maximum Gasteiger partial charge on any atom is 0.344 e. The van der Waals surface area contributed by atoms with Gasteiger partial charge in [-0.05, 0) is 56.8 Å². The number of ketones is 1. The number of anilines is 1. The van der Waals surface area contributed by atoms with Crippen LogP contribution in [0.5, 0.6) is 5.75 Å². The highest BCUT2D eigenvalue weighted by atomic mass is 32.1. The number of allylic oxidation sites excluding steroid dienone is 2. The Morgan fingerprint density at radius 3 is 2.60 bits per heavy atom. The first-order chi connectivity index (χ1) is 20.7.